The lowest BCUT2D eigenvalue weighted by atomic mass is 10.1. The quantitative estimate of drug-likeness (QED) is 0.867. The van der Waals surface area contributed by atoms with E-state index < -0.39 is 0 Å². The summed E-state index contributed by atoms with van der Waals surface area (Å²) in [5.41, 5.74) is 1.08. The fraction of sp³-hybridized carbons (Fsp3) is 0.500. The Labute approximate surface area is 102 Å². The van der Waals surface area contributed by atoms with Crippen molar-refractivity contribution in [1.82, 2.24) is 5.32 Å². The lowest BCUT2D eigenvalue weighted by Gasteiger charge is -2.10. The second-order valence-corrected chi connectivity index (χ2v) is 4.55. The molecule has 0 bridgehead atoms. The highest BCUT2D eigenvalue weighted by Crippen LogP contribution is 2.24. The van der Waals surface area contributed by atoms with Gasteiger partial charge in [-0.15, -0.1) is 0 Å². The predicted octanol–water partition coefficient (Wildman–Crippen LogP) is 2.50. The van der Waals surface area contributed by atoms with Crippen LogP contribution in [0.3, 0.4) is 0 Å². The topological polar surface area (TPSA) is 38.3 Å². The molecule has 0 saturated heterocycles. The predicted molar refractivity (Wildman–Crippen MR) is 66.8 cm³/mol. The Hall–Kier alpha value is -1.51. The Morgan fingerprint density at radius 1 is 1.41 bits per heavy atom. The highest BCUT2D eigenvalue weighted by Gasteiger charge is 2.21. The third kappa shape index (κ3) is 3.22. The zero-order chi connectivity index (χ0) is 12.1. The number of hydrogen-bond acceptors (Lipinski definition) is 2. The van der Waals surface area contributed by atoms with Gasteiger partial charge in [0.2, 0.25) is 5.91 Å². The van der Waals surface area contributed by atoms with Gasteiger partial charge in [0, 0.05) is 12.5 Å². The van der Waals surface area contributed by atoms with Gasteiger partial charge in [0.25, 0.3) is 0 Å². The number of carbonyl (C=O) groups is 1. The lowest BCUT2D eigenvalue weighted by Crippen LogP contribution is -2.28. The summed E-state index contributed by atoms with van der Waals surface area (Å²) in [5, 5.41) is 3.00. The first-order valence-electron chi connectivity index (χ1n) is 6.20. The van der Waals surface area contributed by atoms with Crippen LogP contribution < -0.4 is 10.1 Å². The molecular formula is C14H19NO2. The first kappa shape index (κ1) is 12.0. The molecule has 0 atom stereocenters. The van der Waals surface area contributed by atoms with Gasteiger partial charge < -0.3 is 10.1 Å². The molecule has 1 aromatic rings. The number of amides is 1. The molecule has 0 aromatic heterocycles. The Bertz CT molecular complexity index is 384. The van der Waals surface area contributed by atoms with Gasteiger partial charge in [-0.1, -0.05) is 25.0 Å². The van der Waals surface area contributed by atoms with Crippen molar-refractivity contribution >= 4 is 5.91 Å². The van der Waals surface area contributed by atoms with E-state index in [1.165, 1.54) is 12.8 Å². The van der Waals surface area contributed by atoms with Crippen LogP contribution in [0.25, 0.3) is 0 Å². The average Bonchev–Trinajstić information content (AvgIpc) is 2.90. The van der Waals surface area contributed by atoms with Crippen LogP contribution >= 0.6 is 0 Å². The van der Waals surface area contributed by atoms with Gasteiger partial charge >= 0.3 is 0 Å². The monoisotopic (exact) mass is 233 g/mol. The van der Waals surface area contributed by atoms with Gasteiger partial charge in [0.1, 0.15) is 5.75 Å². The maximum absolute atomic E-state index is 11.8. The van der Waals surface area contributed by atoms with Crippen molar-refractivity contribution in [2.45, 2.75) is 32.2 Å². The molecule has 0 spiro atoms. The van der Waals surface area contributed by atoms with Crippen molar-refractivity contribution in [3.63, 3.8) is 0 Å². The van der Waals surface area contributed by atoms with E-state index in [2.05, 4.69) is 5.32 Å². The number of hydrogen-bond donors (Lipinski definition) is 1. The fourth-order valence-electron chi connectivity index (χ4n) is 2.30. The minimum absolute atomic E-state index is 0.199. The number of methoxy groups -OCH3 is 1. The molecule has 1 aliphatic carbocycles. The molecule has 3 nitrogen and oxygen atoms in total. The van der Waals surface area contributed by atoms with Crippen LogP contribution in [0.15, 0.2) is 24.3 Å². The van der Waals surface area contributed by atoms with Crippen LogP contribution in [0.2, 0.25) is 0 Å². The first-order valence-corrected chi connectivity index (χ1v) is 6.20. The molecule has 0 aliphatic heterocycles. The molecule has 0 radical (unpaired) electrons. The molecule has 1 aliphatic rings. The van der Waals surface area contributed by atoms with Crippen LogP contribution in [0, 0.1) is 5.92 Å². The van der Waals surface area contributed by atoms with Gasteiger partial charge in [-0.3, -0.25) is 4.79 Å². The van der Waals surface area contributed by atoms with Crippen molar-refractivity contribution in [3.05, 3.63) is 29.8 Å². The first-order chi connectivity index (χ1) is 8.29. The standard InChI is InChI=1S/C14H19NO2/c1-17-13-8-4-5-11(9-13)10-15-14(16)12-6-2-3-7-12/h4-5,8-9,12H,2-3,6-7,10H2,1H3,(H,15,16). The van der Waals surface area contributed by atoms with Crippen LogP contribution in [0.5, 0.6) is 5.75 Å². The molecule has 1 fully saturated rings. The van der Waals surface area contributed by atoms with Crippen LogP contribution in [-0.2, 0) is 11.3 Å². The molecule has 1 aromatic carbocycles. The molecule has 0 heterocycles. The van der Waals surface area contributed by atoms with Gasteiger partial charge in [0.15, 0.2) is 0 Å². The van der Waals surface area contributed by atoms with E-state index in [-0.39, 0.29) is 11.8 Å². The Morgan fingerprint density at radius 3 is 2.88 bits per heavy atom. The number of rotatable bonds is 4. The molecule has 3 heteroatoms. The zero-order valence-electron chi connectivity index (χ0n) is 10.2. The summed E-state index contributed by atoms with van der Waals surface area (Å²) in [7, 11) is 1.65. The molecular weight excluding hydrogens is 214 g/mol. The van der Waals surface area contributed by atoms with Crippen molar-refractivity contribution in [1.29, 1.82) is 0 Å². The molecule has 1 N–H and O–H groups in total. The summed E-state index contributed by atoms with van der Waals surface area (Å²) < 4.78 is 5.15. The van der Waals surface area contributed by atoms with Crippen molar-refractivity contribution in [2.75, 3.05) is 7.11 Å². The number of benzene rings is 1. The largest absolute Gasteiger partial charge is 0.497 e. The summed E-state index contributed by atoms with van der Waals surface area (Å²) in [6, 6.07) is 7.80. The van der Waals surface area contributed by atoms with Gasteiger partial charge in [-0.25, -0.2) is 0 Å². The van der Waals surface area contributed by atoms with Crippen LogP contribution in [0.1, 0.15) is 31.2 Å². The van der Waals surface area contributed by atoms with Crippen molar-refractivity contribution in [2.24, 2.45) is 5.92 Å². The SMILES string of the molecule is COc1cccc(CNC(=O)C2CCCC2)c1. The summed E-state index contributed by atoms with van der Waals surface area (Å²) in [5.74, 6) is 1.27. The number of nitrogens with one attached hydrogen (secondary N) is 1. The lowest BCUT2D eigenvalue weighted by molar-refractivity contribution is -0.124. The van der Waals surface area contributed by atoms with Crippen molar-refractivity contribution < 1.29 is 9.53 Å². The Kier molecular flexibility index (Phi) is 4.02. The Morgan fingerprint density at radius 2 is 2.18 bits per heavy atom. The van der Waals surface area contributed by atoms with E-state index in [1.807, 2.05) is 24.3 Å². The van der Waals surface area contributed by atoms with E-state index in [0.717, 1.165) is 24.2 Å². The zero-order valence-corrected chi connectivity index (χ0v) is 10.2. The van der Waals surface area contributed by atoms with E-state index in [4.69, 9.17) is 4.74 Å². The van der Waals surface area contributed by atoms with Gasteiger partial charge in [0.05, 0.1) is 7.11 Å². The summed E-state index contributed by atoms with van der Waals surface area (Å²) >= 11 is 0. The summed E-state index contributed by atoms with van der Waals surface area (Å²) in [6.45, 7) is 0.590. The van der Waals surface area contributed by atoms with E-state index in [1.54, 1.807) is 7.11 Å². The third-order valence-corrected chi connectivity index (χ3v) is 3.33. The molecule has 1 amide bonds. The molecule has 0 unspecified atom stereocenters. The van der Waals surface area contributed by atoms with Gasteiger partial charge in [-0.2, -0.15) is 0 Å². The fourth-order valence-corrected chi connectivity index (χ4v) is 2.30. The van der Waals surface area contributed by atoms with E-state index in [9.17, 15) is 4.79 Å². The normalized spacial score (nSPS) is 15.8. The average molecular weight is 233 g/mol. The third-order valence-electron chi connectivity index (χ3n) is 3.33. The number of carbonyl (C=O) groups excluding carboxylic acids is 1. The second kappa shape index (κ2) is 5.71. The highest BCUT2D eigenvalue weighted by molar-refractivity contribution is 5.78. The second-order valence-electron chi connectivity index (χ2n) is 4.55. The Balaban J connectivity index is 1.86. The van der Waals surface area contributed by atoms with E-state index in [0.29, 0.717) is 6.54 Å². The van der Waals surface area contributed by atoms with Crippen LogP contribution in [-0.4, -0.2) is 13.0 Å². The highest BCUT2D eigenvalue weighted by atomic mass is 16.5. The van der Waals surface area contributed by atoms with E-state index >= 15 is 0 Å². The molecule has 17 heavy (non-hydrogen) atoms. The molecule has 2 rings (SSSR count). The van der Waals surface area contributed by atoms with Crippen molar-refractivity contribution in [3.8, 4) is 5.75 Å². The summed E-state index contributed by atoms with van der Waals surface area (Å²) in [6.07, 6.45) is 4.47. The maximum Gasteiger partial charge on any atom is 0.223 e. The van der Waals surface area contributed by atoms with Crippen LogP contribution in [0.4, 0.5) is 0 Å². The molecule has 92 valence electrons. The summed E-state index contributed by atoms with van der Waals surface area (Å²) in [4.78, 5) is 11.8. The minimum atomic E-state index is 0.199. The smallest absolute Gasteiger partial charge is 0.223 e. The van der Waals surface area contributed by atoms with Gasteiger partial charge in [-0.05, 0) is 30.5 Å². The molecule has 1 saturated carbocycles. The number of ether oxygens (including phenoxy) is 1. The maximum atomic E-state index is 11.8. The minimum Gasteiger partial charge on any atom is -0.497 e.